The van der Waals surface area contributed by atoms with Crippen molar-refractivity contribution in [1.29, 1.82) is 0 Å². The predicted molar refractivity (Wildman–Crippen MR) is 14.9 cm³/mol. The Morgan fingerprint density at radius 3 is 1.33 bits per heavy atom. The fourth-order valence-corrected chi connectivity index (χ4v) is 0. The molecular formula is H4MnO4S. The molecule has 0 aliphatic rings. The molecule has 0 bridgehead atoms. The molecule has 0 N–H and O–H groups in total. The second kappa shape index (κ2) is 2.54. The Hall–Kier alpha value is 0.389. The standard InChI is InChI=1S/Mn.H2O4S.4H/c;1-5(2,3)4;;;;/h;(H2,1,2,3,4);;;;/q+6;;4*-1/p-2. The van der Waals surface area contributed by atoms with E-state index in [2.05, 4.69) is 0 Å². The minimum atomic E-state index is -5.17. The van der Waals surface area contributed by atoms with E-state index in [9.17, 15) is 0 Å². The zero-order valence-electron chi connectivity index (χ0n) is 6.42. The molecule has 0 amide bonds. The number of rotatable bonds is 0. The average Bonchev–Trinajstić information content (AvgIpc) is 0.722. The first-order valence-corrected chi connectivity index (χ1v) is 2.00. The normalized spacial score (nSPS) is 9.67. The first-order valence-electron chi connectivity index (χ1n) is 0.667. The monoisotopic (exact) mass is 155 g/mol. The van der Waals surface area contributed by atoms with E-state index in [-0.39, 0.29) is 22.8 Å². The van der Waals surface area contributed by atoms with E-state index in [4.69, 9.17) is 17.5 Å². The first kappa shape index (κ1) is 9.63. The van der Waals surface area contributed by atoms with Gasteiger partial charge in [0.25, 0.3) is 0 Å². The first-order chi connectivity index (χ1) is 2.00. The zero-order chi connectivity index (χ0) is 4.50. The van der Waals surface area contributed by atoms with Gasteiger partial charge in [0.1, 0.15) is 0 Å². The predicted octanol–water partition coefficient (Wildman–Crippen LogP) is -0.890. The average molecular weight is 155 g/mol. The Labute approximate surface area is 51.5 Å². The summed E-state index contributed by atoms with van der Waals surface area (Å²) < 4.78 is 34.1. The summed E-state index contributed by atoms with van der Waals surface area (Å²) in [6.45, 7) is 0. The summed E-state index contributed by atoms with van der Waals surface area (Å²) in [6.07, 6.45) is 0. The van der Waals surface area contributed by atoms with Crippen molar-refractivity contribution in [2.75, 3.05) is 0 Å². The van der Waals surface area contributed by atoms with Gasteiger partial charge in [0.05, 0.1) is 0 Å². The molecule has 0 aliphatic carbocycles. The summed E-state index contributed by atoms with van der Waals surface area (Å²) in [5.41, 5.74) is 0. The summed E-state index contributed by atoms with van der Waals surface area (Å²) in [5, 5.41) is 0. The van der Waals surface area contributed by atoms with Gasteiger partial charge >= 0.3 is 17.1 Å². The summed E-state index contributed by atoms with van der Waals surface area (Å²) in [4.78, 5) is 0. The van der Waals surface area contributed by atoms with E-state index < -0.39 is 10.4 Å². The van der Waals surface area contributed by atoms with Crippen LogP contribution in [0.4, 0.5) is 0 Å². The van der Waals surface area contributed by atoms with Crippen LogP contribution in [-0.2, 0) is 27.5 Å². The van der Waals surface area contributed by atoms with E-state index in [1.165, 1.54) is 0 Å². The van der Waals surface area contributed by atoms with Crippen LogP contribution in [0.2, 0.25) is 0 Å². The van der Waals surface area contributed by atoms with Gasteiger partial charge < -0.3 is 14.8 Å². The fourth-order valence-electron chi connectivity index (χ4n) is 0. The molecule has 0 fully saturated rings. The summed E-state index contributed by atoms with van der Waals surface area (Å²) in [7, 11) is -5.17. The van der Waals surface area contributed by atoms with Crippen LogP contribution in [0.15, 0.2) is 0 Å². The van der Waals surface area contributed by atoms with Crippen LogP contribution in [-0.4, -0.2) is 17.5 Å². The topological polar surface area (TPSA) is 80.3 Å². The van der Waals surface area contributed by atoms with Crippen molar-refractivity contribution in [2.24, 2.45) is 0 Å². The molecule has 0 unspecified atom stereocenters. The molecular weight excluding hydrogens is 151 g/mol. The molecule has 0 atom stereocenters. The fraction of sp³-hybridized carbons (Fsp3) is 0. The third-order valence-electron chi connectivity index (χ3n) is 0. The van der Waals surface area contributed by atoms with Gasteiger partial charge in [0.15, 0.2) is 0 Å². The van der Waals surface area contributed by atoms with Gasteiger partial charge in [-0.05, 0) is 0 Å². The summed E-state index contributed by atoms with van der Waals surface area (Å²) in [6, 6.07) is 0. The minimum absolute atomic E-state index is 0. The van der Waals surface area contributed by atoms with Crippen molar-refractivity contribution >= 4 is 10.4 Å². The molecule has 0 rings (SSSR count). The van der Waals surface area contributed by atoms with Gasteiger partial charge in [-0.25, -0.2) is 0 Å². The van der Waals surface area contributed by atoms with Crippen LogP contribution >= 0.6 is 0 Å². The Bertz CT molecular complexity index is 100. The molecule has 6 heavy (non-hydrogen) atoms. The van der Waals surface area contributed by atoms with Crippen molar-refractivity contribution in [1.82, 2.24) is 0 Å². The van der Waals surface area contributed by atoms with Crippen LogP contribution in [0.1, 0.15) is 5.71 Å². The maximum absolute atomic E-state index is 8.52. The third kappa shape index (κ3) is 332. The Balaban J connectivity index is -0.00000000800. The van der Waals surface area contributed by atoms with Gasteiger partial charge in [-0.15, -0.1) is 0 Å². The zero-order valence-corrected chi connectivity index (χ0v) is 4.42. The molecule has 0 saturated carbocycles. The Morgan fingerprint density at radius 1 is 1.33 bits per heavy atom. The molecule has 41 valence electrons. The molecule has 6 heteroatoms. The van der Waals surface area contributed by atoms with Gasteiger partial charge in [0, 0.05) is 10.4 Å². The van der Waals surface area contributed by atoms with Crippen molar-refractivity contribution in [3.8, 4) is 0 Å². The quantitative estimate of drug-likeness (QED) is 0.258. The maximum Gasteiger partial charge on any atom is 6.00 e. The summed E-state index contributed by atoms with van der Waals surface area (Å²) >= 11 is 0. The van der Waals surface area contributed by atoms with Crippen LogP contribution in [0.25, 0.3) is 0 Å². The van der Waals surface area contributed by atoms with E-state index in [1.807, 2.05) is 0 Å². The Morgan fingerprint density at radius 2 is 1.33 bits per heavy atom. The molecule has 0 aromatic rings. The van der Waals surface area contributed by atoms with Crippen molar-refractivity contribution in [3.05, 3.63) is 0 Å². The second-order valence-corrected chi connectivity index (χ2v) is 1.22. The number of hydrogen-bond acceptors (Lipinski definition) is 4. The van der Waals surface area contributed by atoms with Gasteiger partial charge in [-0.3, -0.25) is 8.42 Å². The van der Waals surface area contributed by atoms with Gasteiger partial charge in [-0.1, -0.05) is 0 Å². The van der Waals surface area contributed by atoms with Crippen molar-refractivity contribution < 1.29 is 40.3 Å². The van der Waals surface area contributed by atoms with E-state index >= 15 is 0 Å². The van der Waals surface area contributed by atoms with E-state index in [0.29, 0.717) is 0 Å². The maximum atomic E-state index is 8.52. The summed E-state index contributed by atoms with van der Waals surface area (Å²) in [5.74, 6) is 0. The van der Waals surface area contributed by atoms with Crippen LogP contribution in [0.5, 0.6) is 0 Å². The van der Waals surface area contributed by atoms with Crippen LogP contribution in [0.3, 0.4) is 0 Å². The molecule has 0 spiro atoms. The molecule has 0 aliphatic heterocycles. The largest absolute Gasteiger partial charge is 6.00 e. The van der Waals surface area contributed by atoms with Gasteiger partial charge in [-0.2, -0.15) is 0 Å². The third-order valence-corrected chi connectivity index (χ3v) is 0. The molecule has 0 aromatic heterocycles. The smallest absolute Gasteiger partial charge is 1.00 e. The Kier molecular flexibility index (Phi) is 4.08. The minimum Gasteiger partial charge on any atom is -1.00 e. The molecule has 0 saturated heterocycles. The molecule has 0 heterocycles. The van der Waals surface area contributed by atoms with E-state index in [1.54, 1.807) is 0 Å². The SMILES string of the molecule is O=S(=O)([O-])[O-].[H-].[H-].[H-].[H-].[Mn+6]. The van der Waals surface area contributed by atoms with Gasteiger partial charge in [0.2, 0.25) is 0 Å². The molecule has 1 radical (unpaired) electrons. The van der Waals surface area contributed by atoms with Crippen molar-refractivity contribution in [2.45, 2.75) is 0 Å². The van der Waals surface area contributed by atoms with Crippen molar-refractivity contribution in [3.63, 3.8) is 0 Å². The van der Waals surface area contributed by atoms with E-state index in [0.717, 1.165) is 0 Å². The molecule has 4 nitrogen and oxygen atoms in total. The van der Waals surface area contributed by atoms with Crippen LogP contribution < -0.4 is 0 Å². The second-order valence-electron chi connectivity index (χ2n) is 0.408. The number of hydrogen-bond donors (Lipinski definition) is 0. The molecule has 0 aromatic carbocycles. The van der Waals surface area contributed by atoms with Crippen LogP contribution in [0, 0.1) is 0 Å².